The molecule has 100 valence electrons. The lowest BCUT2D eigenvalue weighted by atomic mass is 10.1. The number of alkyl halides is 1. The summed E-state index contributed by atoms with van der Waals surface area (Å²) in [5, 5.41) is 0.440. The first kappa shape index (κ1) is 14.1. The molecule has 1 heterocycles. The highest BCUT2D eigenvalue weighted by Crippen LogP contribution is 2.37. The molecule has 19 heavy (non-hydrogen) atoms. The van der Waals surface area contributed by atoms with Gasteiger partial charge >= 0.3 is 0 Å². The maximum absolute atomic E-state index is 12.2. The predicted molar refractivity (Wildman–Crippen MR) is 72.0 cm³/mol. The molecule has 1 N–H and O–H groups in total. The molecule has 1 amide bonds. The van der Waals surface area contributed by atoms with Gasteiger partial charge in [-0.2, -0.15) is 0 Å². The van der Waals surface area contributed by atoms with E-state index in [1.165, 1.54) is 0 Å². The van der Waals surface area contributed by atoms with E-state index in [-0.39, 0.29) is 17.3 Å². The van der Waals surface area contributed by atoms with Crippen molar-refractivity contribution < 1.29 is 14.3 Å². The van der Waals surface area contributed by atoms with Crippen LogP contribution >= 0.6 is 23.2 Å². The maximum Gasteiger partial charge on any atom is 0.278 e. The van der Waals surface area contributed by atoms with Gasteiger partial charge in [-0.1, -0.05) is 53.5 Å². The molecular formula is C13H11Cl2NO3. The molecule has 1 aromatic carbocycles. The van der Waals surface area contributed by atoms with Crippen LogP contribution in [0.1, 0.15) is 17.3 Å². The van der Waals surface area contributed by atoms with Crippen molar-refractivity contribution in [2.75, 3.05) is 6.61 Å². The SMILES string of the molecule is CCOC1(Cl)C(=O)NC(C(=O)c2ccccc2)=C1Cl. The van der Waals surface area contributed by atoms with E-state index in [9.17, 15) is 9.59 Å². The highest BCUT2D eigenvalue weighted by atomic mass is 35.5. The standard InChI is InChI=1S/C13H11Cl2NO3/c1-2-19-13(15)11(14)9(16-12(13)18)10(17)8-6-4-3-5-7-8/h3-7H,2H2,1H3,(H,16,18). The van der Waals surface area contributed by atoms with Crippen LogP contribution in [0, 0.1) is 0 Å². The Balaban J connectivity index is 2.38. The first-order valence-electron chi connectivity index (χ1n) is 5.65. The summed E-state index contributed by atoms with van der Waals surface area (Å²) in [5.41, 5.74) is 0.370. The van der Waals surface area contributed by atoms with Gasteiger partial charge in [0.15, 0.2) is 0 Å². The number of amides is 1. The van der Waals surface area contributed by atoms with Gasteiger partial charge in [-0.3, -0.25) is 9.59 Å². The second kappa shape index (κ2) is 5.33. The number of carbonyl (C=O) groups is 2. The van der Waals surface area contributed by atoms with Gasteiger partial charge in [-0.25, -0.2) is 0 Å². The van der Waals surface area contributed by atoms with E-state index in [0.29, 0.717) is 5.56 Å². The van der Waals surface area contributed by atoms with E-state index < -0.39 is 16.8 Å². The number of Topliss-reactive ketones (excluding diaryl/α,β-unsaturated/α-hetero) is 1. The number of rotatable bonds is 4. The van der Waals surface area contributed by atoms with E-state index in [1.54, 1.807) is 37.3 Å². The average Bonchev–Trinajstić information content (AvgIpc) is 2.64. The van der Waals surface area contributed by atoms with Gasteiger partial charge in [-0.15, -0.1) is 0 Å². The summed E-state index contributed by atoms with van der Waals surface area (Å²) < 4.78 is 5.14. The van der Waals surface area contributed by atoms with Crippen LogP contribution in [0.5, 0.6) is 0 Å². The topological polar surface area (TPSA) is 55.4 Å². The quantitative estimate of drug-likeness (QED) is 0.686. The second-order valence-electron chi connectivity index (χ2n) is 3.87. The normalized spacial score (nSPS) is 22.6. The Kier molecular flexibility index (Phi) is 3.94. The van der Waals surface area contributed by atoms with Crippen LogP contribution in [0.4, 0.5) is 0 Å². The monoisotopic (exact) mass is 299 g/mol. The molecule has 6 heteroatoms. The molecule has 4 nitrogen and oxygen atoms in total. The highest BCUT2D eigenvalue weighted by Gasteiger charge is 2.49. The van der Waals surface area contributed by atoms with Crippen LogP contribution in [-0.4, -0.2) is 23.4 Å². The summed E-state index contributed by atoms with van der Waals surface area (Å²) in [7, 11) is 0. The van der Waals surface area contributed by atoms with E-state index >= 15 is 0 Å². The highest BCUT2D eigenvalue weighted by molar-refractivity contribution is 6.49. The molecular weight excluding hydrogens is 289 g/mol. The Morgan fingerprint density at radius 2 is 2.00 bits per heavy atom. The minimum atomic E-state index is -1.81. The molecule has 0 spiro atoms. The molecule has 0 fully saturated rings. The lowest BCUT2D eigenvalue weighted by molar-refractivity contribution is -0.130. The maximum atomic E-state index is 12.2. The molecule has 1 aromatic rings. The van der Waals surface area contributed by atoms with Gasteiger partial charge in [0.2, 0.25) is 5.78 Å². The van der Waals surface area contributed by atoms with Crippen LogP contribution in [0.15, 0.2) is 41.1 Å². The van der Waals surface area contributed by atoms with E-state index in [2.05, 4.69) is 5.32 Å². The Hall–Kier alpha value is -1.36. The molecule has 1 aliphatic rings. The average molecular weight is 300 g/mol. The molecule has 0 saturated heterocycles. The van der Waals surface area contributed by atoms with Gasteiger partial charge in [0.25, 0.3) is 11.0 Å². The molecule has 0 bridgehead atoms. The number of carbonyl (C=O) groups excluding carboxylic acids is 2. The van der Waals surface area contributed by atoms with Crippen molar-refractivity contribution in [2.45, 2.75) is 12.0 Å². The fourth-order valence-electron chi connectivity index (χ4n) is 1.73. The zero-order valence-corrected chi connectivity index (χ0v) is 11.6. The van der Waals surface area contributed by atoms with Crippen LogP contribution in [-0.2, 0) is 9.53 Å². The van der Waals surface area contributed by atoms with Crippen molar-refractivity contribution in [3.63, 3.8) is 0 Å². The Morgan fingerprint density at radius 3 is 2.58 bits per heavy atom. The lowest BCUT2D eigenvalue weighted by Crippen LogP contribution is -2.38. The summed E-state index contributed by atoms with van der Waals surface area (Å²) in [6.07, 6.45) is 0. The number of hydrogen-bond acceptors (Lipinski definition) is 3. The number of nitrogens with one attached hydrogen (secondary N) is 1. The van der Waals surface area contributed by atoms with Crippen molar-refractivity contribution >= 4 is 34.9 Å². The number of hydrogen-bond donors (Lipinski definition) is 1. The van der Waals surface area contributed by atoms with Gasteiger partial charge in [0.1, 0.15) is 10.7 Å². The molecule has 0 aromatic heterocycles. The largest absolute Gasteiger partial charge is 0.347 e. The van der Waals surface area contributed by atoms with Crippen molar-refractivity contribution in [1.82, 2.24) is 5.32 Å². The molecule has 2 rings (SSSR count). The number of benzene rings is 1. The van der Waals surface area contributed by atoms with Crippen molar-refractivity contribution in [3.8, 4) is 0 Å². The first-order valence-corrected chi connectivity index (χ1v) is 6.40. The molecule has 1 unspecified atom stereocenters. The third-order valence-electron chi connectivity index (χ3n) is 2.64. The molecule has 1 aliphatic heterocycles. The van der Waals surface area contributed by atoms with Crippen LogP contribution < -0.4 is 5.32 Å². The Morgan fingerprint density at radius 1 is 1.37 bits per heavy atom. The van der Waals surface area contributed by atoms with E-state index in [1.807, 2.05) is 0 Å². The number of allylic oxidation sites excluding steroid dienone is 1. The van der Waals surface area contributed by atoms with Gasteiger partial charge in [-0.05, 0) is 6.92 Å². The van der Waals surface area contributed by atoms with Gasteiger partial charge < -0.3 is 10.1 Å². The number of ether oxygens (including phenoxy) is 1. The summed E-state index contributed by atoms with van der Waals surface area (Å²) in [4.78, 5) is 24.0. The molecule has 1 atom stereocenters. The smallest absolute Gasteiger partial charge is 0.278 e. The zero-order valence-electron chi connectivity index (χ0n) is 10.1. The van der Waals surface area contributed by atoms with E-state index in [0.717, 1.165) is 0 Å². The fourth-order valence-corrected chi connectivity index (χ4v) is 2.25. The Labute approximate surface area is 120 Å². The number of halogens is 2. The van der Waals surface area contributed by atoms with Crippen LogP contribution in [0.2, 0.25) is 0 Å². The predicted octanol–water partition coefficient (Wildman–Crippen LogP) is 2.42. The zero-order chi connectivity index (χ0) is 14.0. The minimum Gasteiger partial charge on any atom is -0.347 e. The first-order chi connectivity index (χ1) is 9.00. The third kappa shape index (κ3) is 2.39. The summed E-state index contributed by atoms with van der Waals surface area (Å²) >= 11 is 12.0. The van der Waals surface area contributed by atoms with Gasteiger partial charge in [0.05, 0.1) is 0 Å². The lowest BCUT2D eigenvalue weighted by Gasteiger charge is -2.18. The van der Waals surface area contributed by atoms with Crippen molar-refractivity contribution in [1.29, 1.82) is 0 Å². The van der Waals surface area contributed by atoms with Crippen molar-refractivity contribution in [2.24, 2.45) is 0 Å². The summed E-state index contributed by atoms with van der Waals surface area (Å²) in [6.45, 7) is 1.87. The van der Waals surface area contributed by atoms with E-state index in [4.69, 9.17) is 27.9 Å². The molecule has 0 aliphatic carbocycles. The van der Waals surface area contributed by atoms with Gasteiger partial charge in [0, 0.05) is 12.2 Å². The third-order valence-corrected chi connectivity index (χ3v) is 3.66. The second-order valence-corrected chi connectivity index (χ2v) is 4.78. The molecule has 0 radical (unpaired) electrons. The Bertz CT molecular complexity index is 556. The molecule has 0 saturated carbocycles. The summed E-state index contributed by atoms with van der Waals surface area (Å²) in [6, 6.07) is 8.47. The summed E-state index contributed by atoms with van der Waals surface area (Å²) in [5.74, 6) is -1.05. The van der Waals surface area contributed by atoms with Crippen LogP contribution in [0.3, 0.4) is 0 Å². The fraction of sp³-hybridized carbons (Fsp3) is 0.231. The van der Waals surface area contributed by atoms with Crippen LogP contribution in [0.25, 0.3) is 0 Å². The van der Waals surface area contributed by atoms with Crippen molar-refractivity contribution in [3.05, 3.63) is 46.6 Å². The number of ketones is 1. The minimum absolute atomic E-state index is 0.0404.